The molecule has 0 radical (unpaired) electrons. The molecule has 2 aromatic rings. The van der Waals surface area contributed by atoms with Gasteiger partial charge in [-0.15, -0.1) is 11.3 Å². The number of aromatic nitrogens is 4. The van der Waals surface area contributed by atoms with E-state index < -0.39 is 0 Å². The zero-order chi connectivity index (χ0) is 14.4. The summed E-state index contributed by atoms with van der Waals surface area (Å²) in [6.45, 7) is 8.98. The third-order valence-electron chi connectivity index (χ3n) is 3.04. The maximum absolute atomic E-state index is 4.66. The summed E-state index contributed by atoms with van der Waals surface area (Å²) in [4.78, 5) is 9.18. The van der Waals surface area contributed by atoms with Crippen LogP contribution >= 0.6 is 11.3 Å². The summed E-state index contributed by atoms with van der Waals surface area (Å²) < 4.78 is 1.98. The summed E-state index contributed by atoms with van der Waals surface area (Å²) >= 11 is 1.71. The lowest BCUT2D eigenvalue weighted by atomic mass is 10.4. The number of aryl methyl sites for hydroxylation is 2. The van der Waals surface area contributed by atoms with Gasteiger partial charge in [-0.2, -0.15) is 5.10 Å². The van der Waals surface area contributed by atoms with Crippen LogP contribution in [0.4, 0.5) is 0 Å². The number of thiazole rings is 1. The fourth-order valence-electron chi connectivity index (χ4n) is 1.99. The van der Waals surface area contributed by atoms with Gasteiger partial charge in [0.05, 0.1) is 12.2 Å². The average molecular weight is 293 g/mol. The predicted octanol–water partition coefficient (Wildman–Crippen LogP) is 2.41. The third-order valence-corrected chi connectivity index (χ3v) is 3.94. The molecule has 2 rings (SSSR count). The Morgan fingerprint density at radius 2 is 2.05 bits per heavy atom. The first kappa shape index (κ1) is 15.1. The van der Waals surface area contributed by atoms with Crippen molar-refractivity contribution < 1.29 is 0 Å². The van der Waals surface area contributed by atoms with E-state index in [2.05, 4.69) is 46.5 Å². The molecule has 0 atom stereocenters. The van der Waals surface area contributed by atoms with Gasteiger partial charge in [-0.1, -0.05) is 20.8 Å². The van der Waals surface area contributed by atoms with E-state index in [4.69, 9.17) is 0 Å². The SMILES string of the molecule is CCCNCc1nc(Cn2nc(CC)nc2CC)cs1. The zero-order valence-electron chi connectivity index (χ0n) is 12.5. The molecule has 0 saturated heterocycles. The summed E-state index contributed by atoms with van der Waals surface area (Å²) in [5, 5.41) is 11.2. The van der Waals surface area contributed by atoms with Crippen LogP contribution in [0, 0.1) is 0 Å². The van der Waals surface area contributed by atoms with Gasteiger partial charge in [0.1, 0.15) is 10.8 Å². The minimum Gasteiger partial charge on any atom is -0.310 e. The van der Waals surface area contributed by atoms with E-state index in [0.29, 0.717) is 0 Å². The van der Waals surface area contributed by atoms with Gasteiger partial charge in [0.15, 0.2) is 5.82 Å². The Balaban J connectivity index is 2.00. The minimum absolute atomic E-state index is 0.723. The summed E-state index contributed by atoms with van der Waals surface area (Å²) in [6.07, 6.45) is 2.93. The maximum atomic E-state index is 4.66. The van der Waals surface area contributed by atoms with Crippen LogP contribution in [0.1, 0.15) is 49.5 Å². The highest BCUT2D eigenvalue weighted by Crippen LogP contribution is 2.12. The molecule has 0 unspecified atom stereocenters. The second-order valence-corrected chi connectivity index (χ2v) is 5.66. The molecule has 2 heterocycles. The highest BCUT2D eigenvalue weighted by molar-refractivity contribution is 7.09. The Morgan fingerprint density at radius 3 is 2.75 bits per heavy atom. The van der Waals surface area contributed by atoms with Gasteiger partial charge in [-0.25, -0.2) is 14.6 Å². The van der Waals surface area contributed by atoms with E-state index in [1.165, 1.54) is 0 Å². The minimum atomic E-state index is 0.723. The fourth-order valence-corrected chi connectivity index (χ4v) is 2.75. The Morgan fingerprint density at radius 1 is 1.20 bits per heavy atom. The van der Waals surface area contributed by atoms with Crippen LogP contribution < -0.4 is 5.32 Å². The van der Waals surface area contributed by atoms with Crippen LogP contribution in [0.2, 0.25) is 0 Å². The van der Waals surface area contributed by atoms with Gasteiger partial charge in [-0.3, -0.25) is 0 Å². The van der Waals surface area contributed by atoms with E-state index in [9.17, 15) is 0 Å². The number of hydrogen-bond donors (Lipinski definition) is 1. The van der Waals surface area contributed by atoms with E-state index in [1.54, 1.807) is 11.3 Å². The first-order valence-electron chi connectivity index (χ1n) is 7.33. The molecule has 0 aliphatic rings. The van der Waals surface area contributed by atoms with Crippen molar-refractivity contribution in [2.45, 2.75) is 53.1 Å². The summed E-state index contributed by atoms with van der Waals surface area (Å²) in [6, 6.07) is 0. The van der Waals surface area contributed by atoms with Gasteiger partial charge in [0, 0.05) is 24.8 Å². The highest BCUT2D eigenvalue weighted by atomic mass is 32.1. The topological polar surface area (TPSA) is 55.6 Å². The van der Waals surface area contributed by atoms with Gasteiger partial charge < -0.3 is 5.32 Å². The first-order chi connectivity index (χ1) is 9.76. The molecule has 0 aliphatic carbocycles. The quantitative estimate of drug-likeness (QED) is 0.759. The van der Waals surface area contributed by atoms with Crippen molar-refractivity contribution in [3.63, 3.8) is 0 Å². The molecule has 1 N–H and O–H groups in total. The Bertz CT molecular complexity index is 531. The van der Waals surface area contributed by atoms with Gasteiger partial charge >= 0.3 is 0 Å². The molecule has 6 heteroatoms. The van der Waals surface area contributed by atoms with Crippen LogP contribution in [0.15, 0.2) is 5.38 Å². The van der Waals surface area contributed by atoms with Crippen LogP contribution in [0.25, 0.3) is 0 Å². The number of rotatable bonds is 8. The average Bonchev–Trinajstić information content (AvgIpc) is 3.06. The molecule has 2 aromatic heterocycles. The smallest absolute Gasteiger partial charge is 0.150 e. The monoisotopic (exact) mass is 293 g/mol. The fraction of sp³-hybridized carbons (Fsp3) is 0.643. The van der Waals surface area contributed by atoms with Crippen LogP contribution in [0.5, 0.6) is 0 Å². The molecule has 0 aromatic carbocycles. The van der Waals surface area contributed by atoms with Crippen molar-refractivity contribution in [3.8, 4) is 0 Å². The lowest BCUT2D eigenvalue weighted by Crippen LogP contribution is -2.13. The standard InChI is InChI=1S/C14H23N5S/c1-4-7-15-8-14-16-11(10-20-14)9-19-13(6-3)17-12(5-2)18-19/h10,15H,4-9H2,1-3H3. The summed E-state index contributed by atoms with van der Waals surface area (Å²) in [5.74, 6) is 1.96. The highest BCUT2D eigenvalue weighted by Gasteiger charge is 2.09. The normalized spacial score (nSPS) is 11.2. The van der Waals surface area contributed by atoms with Crippen LogP contribution in [-0.4, -0.2) is 26.3 Å². The van der Waals surface area contributed by atoms with Crippen LogP contribution in [-0.2, 0) is 25.9 Å². The summed E-state index contributed by atoms with van der Waals surface area (Å²) in [5.41, 5.74) is 1.07. The summed E-state index contributed by atoms with van der Waals surface area (Å²) in [7, 11) is 0. The molecule has 0 aliphatic heterocycles. The van der Waals surface area contributed by atoms with Crippen molar-refractivity contribution in [3.05, 3.63) is 27.7 Å². The van der Waals surface area contributed by atoms with Crippen molar-refractivity contribution in [2.75, 3.05) is 6.54 Å². The molecular formula is C14H23N5S. The molecular weight excluding hydrogens is 270 g/mol. The van der Waals surface area contributed by atoms with E-state index >= 15 is 0 Å². The maximum Gasteiger partial charge on any atom is 0.150 e. The Kier molecular flexibility index (Phi) is 5.67. The van der Waals surface area contributed by atoms with E-state index in [1.807, 2.05) is 4.68 Å². The number of nitrogens with zero attached hydrogens (tertiary/aromatic N) is 4. The van der Waals surface area contributed by atoms with Crippen molar-refractivity contribution in [1.82, 2.24) is 25.1 Å². The molecule has 0 fully saturated rings. The van der Waals surface area contributed by atoms with E-state index in [-0.39, 0.29) is 0 Å². The molecule has 0 bridgehead atoms. The molecule has 0 amide bonds. The van der Waals surface area contributed by atoms with Crippen molar-refractivity contribution in [2.24, 2.45) is 0 Å². The first-order valence-corrected chi connectivity index (χ1v) is 8.21. The van der Waals surface area contributed by atoms with Gasteiger partial charge in [0.2, 0.25) is 0 Å². The predicted molar refractivity (Wildman–Crippen MR) is 82.0 cm³/mol. The molecule has 5 nitrogen and oxygen atoms in total. The Hall–Kier alpha value is -1.27. The lowest BCUT2D eigenvalue weighted by Gasteiger charge is -2.01. The number of hydrogen-bond acceptors (Lipinski definition) is 5. The Labute approximate surface area is 124 Å². The molecule has 0 spiro atoms. The second kappa shape index (κ2) is 7.50. The van der Waals surface area contributed by atoms with Gasteiger partial charge in [0.25, 0.3) is 0 Å². The van der Waals surface area contributed by atoms with Crippen LogP contribution in [0.3, 0.4) is 0 Å². The lowest BCUT2D eigenvalue weighted by molar-refractivity contribution is 0.623. The van der Waals surface area contributed by atoms with E-state index in [0.717, 1.165) is 61.2 Å². The second-order valence-electron chi connectivity index (χ2n) is 4.72. The molecule has 20 heavy (non-hydrogen) atoms. The number of nitrogens with one attached hydrogen (secondary N) is 1. The van der Waals surface area contributed by atoms with Gasteiger partial charge in [-0.05, 0) is 13.0 Å². The molecule has 110 valence electrons. The van der Waals surface area contributed by atoms with Crippen molar-refractivity contribution >= 4 is 11.3 Å². The third kappa shape index (κ3) is 3.86. The molecule has 0 saturated carbocycles. The van der Waals surface area contributed by atoms with Crippen molar-refractivity contribution in [1.29, 1.82) is 0 Å². The zero-order valence-corrected chi connectivity index (χ0v) is 13.3. The largest absolute Gasteiger partial charge is 0.310 e.